The molecule has 0 saturated carbocycles. The van der Waals surface area contributed by atoms with E-state index < -0.39 is 5.60 Å². The molecule has 0 spiro atoms. The molecule has 3 N–H and O–H groups in total. The average molecular weight is 278 g/mol. The van der Waals surface area contributed by atoms with Gasteiger partial charge in [-0.1, -0.05) is 37.3 Å². The van der Waals surface area contributed by atoms with Crippen LogP contribution in [0.2, 0.25) is 0 Å². The maximum atomic E-state index is 11.6. The molecule has 1 unspecified atom stereocenters. The van der Waals surface area contributed by atoms with Crippen molar-refractivity contribution < 1.29 is 14.7 Å². The molecule has 0 radical (unpaired) electrons. The summed E-state index contributed by atoms with van der Waals surface area (Å²) in [7, 11) is 0. The van der Waals surface area contributed by atoms with Gasteiger partial charge in [-0.3, -0.25) is 9.59 Å². The second-order valence-electron chi connectivity index (χ2n) is 4.94. The normalized spacial score (nSPS) is 13.3. The fourth-order valence-electron chi connectivity index (χ4n) is 1.73. The summed E-state index contributed by atoms with van der Waals surface area (Å²) in [5, 5.41) is 15.4. The summed E-state index contributed by atoms with van der Waals surface area (Å²) in [5.74, 6) is -0.455. The van der Waals surface area contributed by atoms with Gasteiger partial charge in [-0.05, 0) is 18.9 Å². The molecule has 5 nitrogen and oxygen atoms in total. The Balaban J connectivity index is 2.39. The van der Waals surface area contributed by atoms with E-state index in [1.807, 2.05) is 25.1 Å². The SMILES string of the molecule is CCCC(=O)NCC(=O)NCC(C)(O)c1ccccc1. The molecule has 1 aromatic carbocycles. The van der Waals surface area contributed by atoms with E-state index in [9.17, 15) is 14.7 Å². The molecule has 0 fully saturated rings. The summed E-state index contributed by atoms with van der Waals surface area (Å²) in [6.45, 7) is 3.57. The molecule has 0 aromatic heterocycles. The Labute approximate surface area is 119 Å². The van der Waals surface area contributed by atoms with Gasteiger partial charge in [0.1, 0.15) is 5.60 Å². The molecule has 0 heterocycles. The van der Waals surface area contributed by atoms with E-state index in [0.29, 0.717) is 6.42 Å². The summed E-state index contributed by atoms with van der Waals surface area (Å²) >= 11 is 0. The molecular formula is C15H22N2O3. The van der Waals surface area contributed by atoms with Crippen molar-refractivity contribution in [1.29, 1.82) is 0 Å². The summed E-state index contributed by atoms with van der Waals surface area (Å²) in [6, 6.07) is 9.12. The van der Waals surface area contributed by atoms with Crippen LogP contribution in [0.4, 0.5) is 0 Å². The molecular weight excluding hydrogens is 256 g/mol. The van der Waals surface area contributed by atoms with E-state index in [1.165, 1.54) is 0 Å². The number of aliphatic hydroxyl groups is 1. The topological polar surface area (TPSA) is 78.4 Å². The van der Waals surface area contributed by atoms with Crippen LogP contribution in [-0.4, -0.2) is 30.0 Å². The lowest BCUT2D eigenvalue weighted by molar-refractivity contribution is -0.126. The quantitative estimate of drug-likeness (QED) is 0.694. The largest absolute Gasteiger partial charge is 0.384 e. The highest BCUT2D eigenvalue weighted by molar-refractivity contribution is 5.84. The number of nitrogens with one attached hydrogen (secondary N) is 2. The van der Waals surface area contributed by atoms with E-state index in [2.05, 4.69) is 10.6 Å². The van der Waals surface area contributed by atoms with Crippen molar-refractivity contribution in [1.82, 2.24) is 10.6 Å². The van der Waals surface area contributed by atoms with E-state index in [1.54, 1.807) is 19.1 Å². The van der Waals surface area contributed by atoms with Crippen LogP contribution in [0.25, 0.3) is 0 Å². The Morgan fingerprint density at radius 2 is 1.80 bits per heavy atom. The van der Waals surface area contributed by atoms with Crippen LogP contribution in [0.15, 0.2) is 30.3 Å². The van der Waals surface area contributed by atoms with Crippen molar-refractivity contribution >= 4 is 11.8 Å². The molecule has 1 rings (SSSR count). The van der Waals surface area contributed by atoms with Crippen LogP contribution in [0.1, 0.15) is 32.3 Å². The third kappa shape index (κ3) is 5.40. The Morgan fingerprint density at radius 3 is 2.40 bits per heavy atom. The van der Waals surface area contributed by atoms with Gasteiger partial charge >= 0.3 is 0 Å². The van der Waals surface area contributed by atoms with Gasteiger partial charge in [0.25, 0.3) is 0 Å². The number of rotatable bonds is 7. The van der Waals surface area contributed by atoms with Crippen LogP contribution in [0.5, 0.6) is 0 Å². The van der Waals surface area contributed by atoms with Crippen molar-refractivity contribution in [2.45, 2.75) is 32.3 Å². The highest BCUT2D eigenvalue weighted by Crippen LogP contribution is 2.18. The fraction of sp³-hybridized carbons (Fsp3) is 0.467. The lowest BCUT2D eigenvalue weighted by Crippen LogP contribution is -2.43. The molecule has 0 aliphatic rings. The first-order valence-electron chi connectivity index (χ1n) is 6.77. The predicted octanol–water partition coefficient (Wildman–Crippen LogP) is 0.927. The Morgan fingerprint density at radius 1 is 1.15 bits per heavy atom. The lowest BCUT2D eigenvalue weighted by atomic mass is 9.96. The highest BCUT2D eigenvalue weighted by Gasteiger charge is 2.23. The highest BCUT2D eigenvalue weighted by atomic mass is 16.3. The van der Waals surface area contributed by atoms with Gasteiger partial charge in [-0.2, -0.15) is 0 Å². The van der Waals surface area contributed by atoms with Crippen LogP contribution < -0.4 is 10.6 Å². The van der Waals surface area contributed by atoms with Gasteiger partial charge in [0, 0.05) is 6.42 Å². The third-order valence-corrected chi connectivity index (χ3v) is 2.95. The first-order valence-corrected chi connectivity index (χ1v) is 6.77. The Hall–Kier alpha value is -1.88. The zero-order valence-corrected chi connectivity index (χ0v) is 12.0. The number of benzene rings is 1. The van der Waals surface area contributed by atoms with Gasteiger partial charge in [0.05, 0.1) is 13.1 Å². The second-order valence-corrected chi connectivity index (χ2v) is 4.94. The van der Waals surface area contributed by atoms with E-state index >= 15 is 0 Å². The van der Waals surface area contributed by atoms with E-state index in [-0.39, 0.29) is 24.9 Å². The summed E-state index contributed by atoms with van der Waals surface area (Å²) < 4.78 is 0. The van der Waals surface area contributed by atoms with Crippen molar-refractivity contribution in [2.24, 2.45) is 0 Å². The third-order valence-electron chi connectivity index (χ3n) is 2.95. The fourth-order valence-corrected chi connectivity index (χ4v) is 1.73. The average Bonchev–Trinajstić information content (AvgIpc) is 2.44. The number of carbonyl (C=O) groups excluding carboxylic acids is 2. The first kappa shape index (κ1) is 16.2. The van der Waals surface area contributed by atoms with Crippen LogP contribution in [0, 0.1) is 0 Å². The van der Waals surface area contributed by atoms with Gasteiger partial charge in [-0.15, -0.1) is 0 Å². The molecule has 2 amide bonds. The van der Waals surface area contributed by atoms with Gasteiger partial charge < -0.3 is 15.7 Å². The summed E-state index contributed by atoms with van der Waals surface area (Å²) in [5.41, 5.74) is -0.403. The van der Waals surface area contributed by atoms with Crippen molar-refractivity contribution in [3.8, 4) is 0 Å². The number of carbonyl (C=O) groups is 2. The smallest absolute Gasteiger partial charge is 0.239 e. The van der Waals surface area contributed by atoms with Crippen LogP contribution in [-0.2, 0) is 15.2 Å². The number of hydrogen-bond donors (Lipinski definition) is 3. The van der Waals surface area contributed by atoms with Crippen LogP contribution in [0.3, 0.4) is 0 Å². The first-order chi connectivity index (χ1) is 9.45. The summed E-state index contributed by atoms with van der Waals surface area (Å²) in [4.78, 5) is 22.8. The molecule has 110 valence electrons. The zero-order valence-electron chi connectivity index (χ0n) is 12.0. The lowest BCUT2D eigenvalue weighted by Gasteiger charge is -2.24. The molecule has 1 aromatic rings. The zero-order chi connectivity index (χ0) is 15.0. The predicted molar refractivity (Wildman–Crippen MR) is 76.9 cm³/mol. The monoisotopic (exact) mass is 278 g/mol. The maximum Gasteiger partial charge on any atom is 0.239 e. The molecule has 0 saturated heterocycles. The van der Waals surface area contributed by atoms with Crippen LogP contribution >= 0.6 is 0 Å². The van der Waals surface area contributed by atoms with Gasteiger partial charge in [0.2, 0.25) is 11.8 Å². The van der Waals surface area contributed by atoms with Crippen molar-refractivity contribution in [2.75, 3.05) is 13.1 Å². The standard InChI is InChI=1S/C15H22N2O3/c1-3-7-13(18)16-10-14(19)17-11-15(2,20)12-8-5-4-6-9-12/h4-6,8-9,20H,3,7,10-11H2,1-2H3,(H,16,18)(H,17,19). The molecule has 1 atom stereocenters. The Bertz CT molecular complexity index is 444. The summed E-state index contributed by atoms with van der Waals surface area (Å²) in [6.07, 6.45) is 1.16. The van der Waals surface area contributed by atoms with E-state index in [0.717, 1.165) is 12.0 Å². The molecule has 5 heteroatoms. The molecule has 20 heavy (non-hydrogen) atoms. The van der Waals surface area contributed by atoms with Gasteiger partial charge in [0.15, 0.2) is 0 Å². The van der Waals surface area contributed by atoms with E-state index in [4.69, 9.17) is 0 Å². The minimum Gasteiger partial charge on any atom is -0.384 e. The molecule has 0 aliphatic carbocycles. The van der Waals surface area contributed by atoms with Crippen molar-refractivity contribution in [3.05, 3.63) is 35.9 Å². The maximum absolute atomic E-state index is 11.6. The van der Waals surface area contributed by atoms with Gasteiger partial charge in [-0.25, -0.2) is 0 Å². The Kier molecular flexibility index (Phi) is 6.18. The minimum atomic E-state index is -1.13. The molecule has 0 bridgehead atoms. The number of hydrogen-bond acceptors (Lipinski definition) is 3. The number of amides is 2. The minimum absolute atomic E-state index is 0.0658. The molecule has 0 aliphatic heterocycles. The van der Waals surface area contributed by atoms with Crippen molar-refractivity contribution in [3.63, 3.8) is 0 Å². The second kappa shape index (κ2) is 7.65.